The highest BCUT2D eigenvalue weighted by molar-refractivity contribution is 6.31. The zero-order chi connectivity index (χ0) is 13.7. The van der Waals surface area contributed by atoms with E-state index >= 15 is 0 Å². The van der Waals surface area contributed by atoms with Gasteiger partial charge in [-0.15, -0.1) is 0 Å². The lowest BCUT2D eigenvalue weighted by atomic mass is 9.84. The standard InChI is InChI=1S/C16H24ClNO/c1-2-12-6-5-7-13(10-12)18-11-16(19)14-8-3-4-9-15(14)17/h3-4,8-9,12-13,16,18-19H,2,5-7,10-11H2,1H3. The van der Waals surface area contributed by atoms with Gasteiger partial charge in [0.2, 0.25) is 0 Å². The zero-order valence-corrected chi connectivity index (χ0v) is 12.4. The molecule has 3 atom stereocenters. The third-order valence-corrected chi connectivity index (χ3v) is 4.57. The van der Waals surface area contributed by atoms with E-state index in [-0.39, 0.29) is 0 Å². The molecule has 0 bridgehead atoms. The van der Waals surface area contributed by atoms with E-state index < -0.39 is 6.10 Å². The van der Waals surface area contributed by atoms with Crippen LogP contribution in [0.25, 0.3) is 0 Å². The molecule has 0 amide bonds. The summed E-state index contributed by atoms with van der Waals surface area (Å²) in [7, 11) is 0. The van der Waals surface area contributed by atoms with Gasteiger partial charge < -0.3 is 10.4 Å². The second-order valence-electron chi connectivity index (χ2n) is 5.58. The van der Waals surface area contributed by atoms with E-state index in [1.165, 1.54) is 32.1 Å². The molecule has 0 saturated heterocycles. The number of rotatable bonds is 5. The summed E-state index contributed by atoms with van der Waals surface area (Å²) in [4.78, 5) is 0. The van der Waals surface area contributed by atoms with Crippen molar-refractivity contribution < 1.29 is 5.11 Å². The lowest BCUT2D eigenvalue weighted by Crippen LogP contribution is -2.36. The number of nitrogens with one attached hydrogen (secondary N) is 1. The minimum Gasteiger partial charge on any atom is -0.387 e. The van der Waals surface area contributed by atoms with Gasteiger partial charge in [0, 0.05) is 23.2 Å². The van der Waals surface area contributed by atoms with Gasteiger partial charge in [0.1, 0.15) is 0 Å². The Morgan fingerprint density at radius 1 is 1.37 bits per heavy atom. The third-order valence-electron chi connectivity index (χ3n) is 4.22. The first kappa shape index (κ1) is 14.8. The second-order valence-corrected chi connectivity index (χ2v) is 5.99. The van der Waals surface area contributed by atoms with Gasteiger partial charge in [0.05, 0.1) is 6.10 Å². The number of aliphatic hydroxyl groups is 1. The van der Waals surface area contributed by atoms with Gasteiger partial charge >= 0.3 is 0 Å². The molecule has 1 aliphatic rings. The van der Waals surface area contributed by atoms with E-state index in [9.17, 15) is 5.11 Å². The average molecular weight is 282 g/mol. The van der Waals surface area contributed by atoms with Gasteiger partial charge in [-0.1, -0.05) is 56.0 Å². The number of aliphatic hydroxyl groups excluding tert-OH is 1. The number of hydrogen-bond donors (Lipinski definition) is 2. The molecule has 19 heavy (non-hydrogen) atoms. The Hall–Kier alpha value is -0.570. The Morgan fingerprint density at radius 3 is 2.89 bits per heavy atom. The molecular weight excluding hydrogens is 258 g/mol. The van der Waals surface area contributed by atoms with Crippen molar-refractivity contribution in [2.24, 2.45) is 5.92 Å². The maximum absolute atomic E-state index is 10.2. The van der Waals surface area contributed by atoms with Crippen molar-refractivity contribution in [1.82, 2.24) is 5.32 Å². The van der Waals surface area contributed by atoms with Gasteiger partial charge in [-0.2, -0.15) is 0 Å². The first-order valence-corrected chi connectivity index (χ1v) is 7.74. The van der Waals surface area contributed by atoms with Crippen molar-refractivity contribution in [2.75, 3.05) is 6.54 Å². The van der Waals surface area contributed by atoms with Gasteiger partial charge in [0.25, 0.3) is 0 Å². The van der Waals surface area contributed by atoms with Crippen LogP contribution in [0.4, 0.5) is 0 Å². The van der Waals surface area contributed by atoms with Gasteiger partial charge in [-0.05, 0) is 24.8 Å². The van der Waals surface area contributed by atoms with E-state index in [2.05, 4.69) is 12.2 Å². The molecule has 1 aromatic carbocycles. The Bertz CT molecular complexity index is 396. The zero-order valence-electron chi connectivity index (χ0n) is 11.6. The van der Waals surface area contributed by atoms with E-state index in [1.807, 2.05) is 24.3 Å². The molecule has 2 rings (SSSR count). The first-order chi connectivity index (χ1) is 9.20. The molecule has 0 aromatic heterocycles. The van der Waals surface area contributed by atoms with Crippen molar-refractivity contribution in [3.8, 4) is 0 Å². The Kier molecular flexibility index (Phi) is 5.68. The van der Waals surface area contributed by atoms with Crippen LogP contribution in [-0.2, 0) is 0 Å². The summed E-state index contributed by atoms with van der Waals surface area (Å²) in [6, 6.07) is 8.07. The lowest BCUT2D eigenvalue weighted by molar-refractivity contribution is 0.160. The molecule has 1 aromatic rings. The van der Waals surface area contributed by atoms with Crippen LogP contribution < -0.4 is 5.32 Å². The highest BCUT2D eigenvalue weighted by atomic mass is 35.5. The summed E-state index contributed by atoms with van der Waals surface area (Å²) >= 11 is 6.10. The van der Waals surface area contributed by atoms with Crippen LogP contribution in [0.15, 0.2) is 24.3 Å². The molecule has 1 aliphatic carbocycles. The fourth-order valence-electron chi connectivity index (χ4n) is 2.98. The van der Waals surface area contributed by atoms with Crippen LogP contribution in [0.5, 0.6) is 0 Å². The number of hydrogen-bond acceptors (Lipinski definition) is 2. The summed E-state index contributed by atoms with van der Waals surface area (Å²) in [6.45, 7) is 2.86. The summed E-state index contributed by atoms with van der Waals surface area (Å²) in [5.74, 6) is 0.851. The molecule has 0 radical (unpaired) electrons. The highest BCUT2D eigenvalue weighted by Gasteiger charge is 2.21. The maximum atomic E-state index is 10.2. The topological polar surface area (TPSA) is 32.3 Å². The predicted molar refractivity (Wildman–Crippen MR) is 80.5 cm³/mol. The van der Waals surface area contributed by atoms with E-state index in [4.69, 9.17) is 11.6 Å². The van der Waals surface area contributed by atoms with Crippen molar-refractivity contribution in [1.29, 1.82) is 0 Å². The van der Waals surface area contributed by atoms with Crippen LogP contribution in [0.1, 0.15) is 50.7 Å². The normalized spacial score (nSPS) is 25.2. The molecule has 0 aliphatic heterocycles. The third kappa shape index (κ3) is 4.20. The number of benzene rings is 1. The smallest absolute Gasteiger partial charge is 0.0928 e. The van der Waals surface area contributed by atoms with E-state index in [0.29, 0.717) is 17.6 Å². The molecule has 3 unspecified atom stereocenters. The molecule has 2 nitrogen and oxygen atoms in total. The maximum Gasteiger partial charge on any atom is 0.0928 e. The van der Waals surface area contributed by atoms with Gasteiger partial charge in [-0.3, -0.25) is 0 Å². The van der Waals surface area contributed by atoms with E-state index in [1.54, 1.807) is 0 Å². The molecule has 106 valence electrons. The van der Waals surface area contributed by atoms with Crippen LogP contribution in [0.3, 0.4) is 0 Å². The van der Waals surface area contributed by atoms with Crippen LogP contribution >= 0.6 is 11.6 Å². The van der Waals surface area contributed by atoms with Gasteiger partial charge in [0.15, 0.2) is 0 Å². The molecular formula is C16H24ClNO. The van der Waals surface area contributed by atoms with Gasteiger partial charge in [-0.25, -0.2) is 0 Å². The fourth-order valence-corrected chi connectivity index (χ4v) is 3.24. The first-order valence-electron chi connectivity index (χ1n) is 7.36. The quantitative estimate of drug-likeness (QED) is 0.857. The van der Waals surface area contributed by atoms with Crippen molar-refractivity contribution in [3.05, 3.63) is 34.9 Å². The highest BCUT2D eigenvalue weighted by Crippen LogP contribution is 2.27. The Balaban J connectivity index is 1.83. The van der Waals surface area contributed by atoms with E-state index in [0.717, 1.165) is 11.5 Å². The van der Waals surface area contributed by atoms with Crippen LogP contribution in [0.2, 0.25) is 5.02 Å². The van der Waals surface area contributed by atoms with Crippen LogP contribution in [0, 0.1) is 5.92 Å². The Morgan fingerprint density at radius 2 is 2.16 bits per heavy atom. The minimum absolute atomic E-state index is 0.518. The van der Waals surface area contributed by atoms with Crippen molar-refractivity contribution in [3.63, 3.8) is 0 Å². The summed E-state index contributed by atoms with van der Waals surface area (Å²) in [5.41, 5.74) is 0.819. The largest absolute Gasteiger partial charge is 0.387 e. The second kappa shape index (κ2) is 7.28. The summed E-state index contributed by atoms with van der Waals surface area (Å²) in [5, 5.41) is 14.4. The van der Waals surface area contributed by atoms with Crippen molar-refractivity contribution in [2.45, 2.75) is 51.2 Å². The molecule has 0 heterocycles. The predicted octanol–water partition coefficient (Wildman–Crippen LogP) is 3.93. The summed E-state index contributed by atoms with van der Waals surface area (Å²) < 4.78 is 0. The van der Waals surface area contributed by atoms with Crippen molar-refractivity contribution >= 4 is 11.6 Å². The fraction of sp³-hybridized carbons (Fsp3) is 0.625. The summed E-state index contributed by atoms with van der Waals surface area (Å²) in [6.07, 6.45) is 5.89. The molecule has 0 spiro atoms. The SMILES string of the molecule is CCC1CCCC(NCC(O)c2ccccc2Cl)C1. The number of halogens is 1. The average Bonchev–Trinajstić information content (AvgIpc) is 2.45. The molecule has 2 N–H and O–H groups in total. The van der Waals surface area contributed by atoms with Crippen LogP contribution in [-0.4, -0.2) is 17.7 Å². The minimum atomic E-state index is -0.518. The monoisotopic (exact) mass is 281 g/mol. The molecule has 3 heteroatoms. The lowest BCUT2D eigenvalue weighted by Gasteiger charge is -2.30. The molecule has 1 saturated carbocycles. The molecule has 1 fully saturated rings. The Labute approximate surface area is 121 Å².